The lowest BCUT2D eigenvalue weighted by Crippen LogP contribution is -2.26. The van der Waals surface area contributed by atoms with Crippen LogP contribution >= 0.6 is 0 Å². The van der Waals surface area contributed by atoms with Crippen LogP contribution in [0.4, 0.5) is 0 Å². The van der Waals surface area contributed by atoms with Gasteiger partial charge in [0.1, 0.15) is 0 Å². The summed E-state index contributed by atoms with van der Waals surface area (Å²) in [5.74, 6) is 0.567. The van der Waals surface area contributed by atoms with Crippen LogP contribution in [0.1, 0.15) is 26.7 Å². The number of carbonyl (C=O) groups is 1. The van der Waals surface area contributed by atoms with E-state index in [0.717, 1.165) is 19.6 Å². The lowest BCUT2D eigenvalue weighted by Gasteiger charge is -2.07. The third kappa shape index (κ3) is 11.3. The summed E-state index contributed by atoms with van der Waals surface area (Å²) in [6.45, 7) is 7.12. The molecule has 0 unspecified atom stereocenters. The molecule has 4 nitrogen and oxygen atoms in total. The van der Waals surface area contributed by atoms with Gasteiger partial charge in [0.15, 0.2) is 0 Å². The summed E-state index contributed by atoms with van der Waals surface area (Å²) in [7, 11) is 1.90. The third-order valence-corrected chi connectivity index (χ3v) is 1.88. The van der Waals surface area contributed by atoms with Crippen molar-refractivity contribution in [3.05, 3.63) is 0 Å². The first-order valence-corrected chi connectivity index (χ1v) is 5.66. The van der Waals surface area contributed by atoms with Gasteiger partial charge >= 0.3 is 0 Å². The molecule has 0 fully saturated rings. The molecule has 0 spiro atoms. The molecule has 0 rings (SSSR count). The van der Waals surface area contributed by atoms with Gasteiger partial charge in [0.05, 0.1) is 6.61 Å². The maximum atomic E-state index is 11.2. The van der Waals surface area contributed by atoms with Crippen LogP contribution in [0, 0.1) is 5.92 Å². The average Bonchev–Trinajstić information content (AvgIpc) is 2.15. The van der Waals surface area contributed by atoms with Crippen molar-refractivity contribution in [2.24, 2.45) is 5.92 Å². The molecule has 0 bridgehead atoms. The molecule has 0 aromatic heterocycles. The Morgan fingerprint density at radius 3 is 2.60 bits per heavy atom. The number of ether oxygens (including phenoxy) is 1. The summed E-state index contributed by atoms with van der Waals surface area (Å²) in [6, 6.07) is 0. The van der Waals surface area contributed by atoms with Crippen LogP contribution in [0.2, 0.25) is 0 Å². The Hall–Kier alpha value is -0.610. The number of carbonyl (C=O) groups excluding carboxylic acids is 1. The maximum absolute atomic E-state index is 11.2. The fourth-order valence-electron chi connectivity index (χ4n) is 1.12. The Balaban J connectivity index is 3.13. The van der Waals surface area contributed by atoms with E-state index in [-0.39, 0.29) is 5.91 Å². The van der Waals surface area contributed by atoms with Crippen molar-refractivity contribution < 1.29 is 9.53 Å². The van der Waals surface area contributed by atoms with Crippen molar-refractivity contribution in [2.45, 2.75) is 26.7 Å². The SMILES string of the molecule is CNCCOCCCNC(=O)CC(C)C. The van der Waals surface area contributed by atoms with Gasteiger partial charge in [-0.15, -0.1) is 0 Å². The van der Waals surface area contributed by atoms with Gasteiger partial charge in [-0.25, -0.2) is 0 Å². The molecule has 0 saturated heterocycles. The fraction of sp³-hybridized carbons (Fsp3) is 0.909. The van der Waals surface area contributed by atoms with Crippen LogP contribution in [-0.2, 0) is 9.53 Å². The van der Waals surface area contributed by atoms with Gasteiger partial charge < -0.3 is 15.4 Å². The van der Waals surface area contributed by atoms with E-state index in [1.54, 1.807) is 0 Å². The molecule has 0 aromatic carbocycles. The summed E-state index contributed by atoms with van der Waals surface area (Å²) in [5, 5.41) is 5.87. The third-order valence-electron chi connectivity index (χ3n) is 1.88. The smallest absolute Gasteiger partial charge is 0.220 e. The molecule has 2 N–H and O–H groups in total. The standard InChI is InChI=1S/C11H24N2O2/c1-10(2)9-11(14)13-5-4-7-15-8-6-12-3/h10,12H,4-9H2,1-3H3,(H,13,14). The van der Waals surface area contributed by atoms with Crippen LogP contribution in [0.3, 0.4) is 0 Å². The van der Waals surface area contributed by atoms with E-state index in [2.05, 4.69) is 10.6 Å². The van der Waals surface area contributed by atoms with Gasteiger partial charge in [0, 0.05) is 26.1 Å². The van der Waals surface area contributed by atoms with Crippen molar-refractivity contribution in [1.82, 2.24) is 10.6 Å². The van der Waals surface area contributed by atoms with Gasteiger partial charge in [-0.05, 0) is 19.4 Å². The lowest BCUT2D eigenvalue weighted by molar-refractivity contribution is -0.121. The van der Waals surface area contributed by atoms with Gasteiger partial charge in [0.2, 0.25) is 5.91 Å². The summed E-state index contributed by atoms with van der Waals surface area (Å²) in [4.78, 5) is 11.2. The van der Waals surface area contributed by atoms with Gasteiger partial charge in [-0.2, -0.15) is 0 Å². The molecule has 0 aliphatic heterocycles. The summed E-state index contributed by atoms with van der Waals surface area (Å²) < 4.78 is 5.32. The predicted molar refractivity (Wildman–Crippen MR) is 61.8 cm³/mol. The molecule has 0 aliphatic rings. The monoisotopic (exact) mass is 216 g/mol. The number of hydrogen-bond donors (Lipinski definition) is 2. The summed E-state index contributed by atoms with van der Waals surface area (Å²) in [6.07, 6.45) is 1.49. The highest BCUT2D eigenvalue weighted by Gasteiger charge is 2.02. The van der Waals surface area contributed by atoms with Crippen LogP contribution in [0.25, 0.3) is 0 Å². The zero-order valence-electron chi connectivity index (χ0n) is 10.1. The Kier molecular flexibility index (Phi) is 9.52. The Morgan fingerprint density at radius 1 is 1.27 bits per heavy atom. The fourth-order valence-corrected chi connectivity index (χ4v) is 1.12. The number of likely N-dealkylation sites (N-methyl/N-ethyl adjacent to an activating group) is 1. The largest absolute Gasteiger partial charge is 0.380 e. The molecular formula is C11H24N2O2. The molecule has 15 heavy (non-hydrogen) atoms. The zero-order valence-corrected chi connectivity index (χ0v) is 10.1. The topological polar surface area (TPSA) is 50.4 Å². The minimum Gasteiger partial charge on any atom is -0.380 e. The summed E-state index contributed by atoms with van der Waals surface area (Å²) >= 11 is 0. The minimum absolute atomic E-state index is 0.139. The Morgan fingerprint density at radius 2 is 2.00 bits per heavy atom. The molecule has 1 amide bonds. The van der Waals surface area contributed by atoms with Crippen molar-refractivity contribution in [2.75, 3.05) is 33.4 Å². The second kappa shape index (κ2) is 9.93. The molecule has 0 saturated carbocycles. The Bertz CT molecular complexity index is 161. The van der Waals surface area contributed by atoms with Crippen molar-refractivity contribution >= 4 is 5.91 Å². The second-order valence-corrected chi connectivity index (χ2v) is 4.02. The van der Waals surface area contributed by atoms with Crippen molar-refractivity contribution in [1.29, 1.82) is 0 Å². The first-order chi connectivity index (χ1) is 7.16. The van der Waals surface area contributed by atoms with E-state index in [9.17, 15) is 4.79 Å². The van der Waals surface area contributed by atoms with Crippen molar-refractivity contribution in [3.8, 4) is 0 Å². The van der Waals surface area contributed by atoms with E-state index in [1.807, 2.05) is 20.9 Å². The number of nitrogens with one attached hydrogen (secondary N) is 2. The van der Waals surface area contributed by atoms with Crippen LogP contribution in [0.15, 0.2) is 0 Å². The first-order valence-electron chi connectivity index (χ1n) is 5.66. The highest BCUT2D eigenvalue weighted by Crippen LogP contribution is 1.97. The molecular weight excluding hydrogens is 192 g/mol. The first kappa shape index (κ1) is 14.4. The molecule has 90 valence electrons. The van der Waals surface area contributed by atoms with E-state index in [1.165, 1.54) is 0 Å². The van der Waals surface area contributed by atoms with Gasteiger partial charge in [-0.1, -0.05) is 13.8 Å². The molecule has 0 heterocycles. The Labute approximate surface area is 92.8 Å². The van der Waals surface area contributed by atoms with Crippen LogP contribution < -0.4 is 10.6 Å². The second-order valence-electron chi connectivity index (χ2n) is 4.02. The molecule has 0 aromatic rings. The normalized spacial score (nSPS) is 10.7. The van der Waals surface area contributed by atoms with Crippen molar-refractivity contribution in [3.63, 3.8) is 0 Å². The number of hydrogen-bond acceptors (Lipinski definition) is 3. The van der Waals surface area contributed by atoms with E-state index in [0.29, 0.717) is 25.5 Å². The predicted octanol–water partition coefficient (Wildman–Crippen LogP) is 0.775. The summed E-state index contributed by atoms with van der Waals surface area (Å²) in [5.41, 5.74) is 0. The quantitative estimate of drug-likeness (QED) is 0.560. The molecule has 4 heteroatoms. The van der Waals surface area contributed by atoms with E-state index >= 15 is 0 Å². The average molecular weight is 216 g/mol. The number of amides is 1. The lowest BCUT2D eigenvalue weighted by atomic mass is 10.1. The molecule has 0 radical (unpaired) electrons. The van der Waals surface area contributed by atoms with E-state index in [4.69, 9.17) is 4.74 Å². The minimum atomic E-state index is 0.139. The maximum Gasteiger partial charge on any atom is 0.220 e. The molecule has 0 atom stereocenters. The van der Waals surface area contributed by atoms with Crippen LogP contribution in [-0.4, -0.2) is 39.3 Å². The highest BCUT2D eigenvalue weighted by atomic mass is 16.5. The van der Waals surface area contributed by atoms with E-state index < -0.39 is 0 Å². The molecule has 0 aliphatic carbocycles. The van der Waals surface area contributed by atoms with Gasteiger partial charge in [0.25, 0.3) is 0 Å². The number of rotatable bonds is 9. The van der Waals surface area contributed by atoms with Crippen LogP contribution in [0.5, 0.6) is 0 Å². The zero-order chi connectivity index (χ0) is 11.5. The van der Waals surface area contributed by atoms with Gasteiger partial charge in [-0.3, -0.25) is 4.79 Å². The highest BCUT2D eigenvalue weighted by molar-refractivity contribution is 5.75.